The Hall–Kier alpha value is -1.79. The van der Waals surface area contributed by atoms with Gasteiger partial charge in [-0.25, -0.2) is 4.79 Å². The van der Waals surface area contributed by atoms with Crippen LogP contribution in [0.25, 0.3) is 0 Å². The average molecular weight is 266 g/mol. The third-order valence-electron chi connectivity index (χ3n) is 2.33. The first-order valence-corrected chi connectivity index (χ1v) is 6.43. The first kappa shape index (κ1) is 12.7. The molecule has 0 aromatic carbocycles. The van der Waals surface area contributed by atoms with Gasteiger partial charge in [0.05, 0.1) is 11.3 Å². The molecule has 96 valence electrons. The zero-order chi connectivity index (χ0) is 12.8. The summed E-state index contributed by atoms with van der Waals surface area (Å²) in [4.78, 5) is 11.5. The van der Waals surface area contributed by atoms with Crippen molar-refractivity contribution in [2.24, 2.45) is 0 Å². The number of thiophene rings is 1. The third kappa shape index (κ3) is 3.61. The largest absolute Gasteiger partial charge is 0.467 e. The average Bonchev–Trinajstić information content (AvgIpc) is 3.00. The van der Waals surface area contributed by atoms with E-state index < -0.39 is 6.10 Å². The molecule has 2 aromatic rings. The van der Waals surface area contributed by atoms with Crippen molar-refractivity contribution in [2.45, 2.75) is 12.5 Å². The Kier molecular flexibility index (Phi) is 4.38. The molecule has 2 amide bonds. The number of amides is 2. The van der Waals surface area contributed by atoms with Gasteiger partial charge in [0.1, 0.15) is 11.9 Å². The minimum Gasteiger partial charge on any atom is -0.467 e. The van der Waals surface area contributed by atoms with Crippen molar-refractivity contribution in [3.05, 3.63) is 41.7 Å². The van der Waals surface area contributed by atoms with Crippen LogP contribution in [0, 0.1) is 0 Å². The molecule has 0 saturated heterocycles. The summed E-state index contributed by atoms with van der Waals surface area (Å²) in [5.74, 6) is 0.510. The van der Waals surface area contributed by atoms with Crippen molar-refractivity contribution in [1.29, 1.82) is 0 Å². The summed E-state index contributed by atoms with van der Waals surface area (Å²) >= 11 is 1.45. The Labute approximate surface area is 108 Å². The smallest absolute Gasteiger partial charge is 0.319 e. The van der Waals surface area contributed by atoms with Crippen LogP contribution in [0.5, 0.6) is 0 Å². The highest BCUT2D eigenvalue weighted by atomic mass is 32.1. The van der Waals surface area contributed by atoms with E-state index in [-0.39, 0.29) is 6.03 Å². The molecule has 0 unspecified atom stereocenters. The standard InChI is InChI=1S/C12H14N2O3S/c15-9(10-3-1-7-17-10)5-6-13-12(16)14-11-4-2-8-18-11/h1-4,7-9,15H,5-6H2,(H2,13,14,16)/t9-/m1/s1. The molecule has 1 atom stereocenters. The quantitative estimate of drug-likeness (QED) is 0.778. The van der Waals surface area contributed by atoms with E-state index in [9.17, 15) is 9.90 Å². The van der Waals surface area contributed by atoms with E-state index in [4.69, 9.17) is 4.42 Å². The van der Waals surface area contributed by atoms with Crippen molar-refractivity contribution in [3.8, 4) is 0 Å². The molecule has 0 aliphatic rings. The SMILES string of the molecule is O=C(NCC[C@@H](O)c1ccco1)Nc1cccs1. The summed E-state index contributed by atoms with van der Waals surface area (Å²) in [6, 6.07) is 6.83. The lowest BCUT2D eigenvalue weighted by Gasteiger charge is -2.09. The second-order valence-corrected chi connectivity index (χ2v) is 4.63. The number of urea groups is 1. The fourth-order valence-corrected chi connectivity index (χ4v) is 2.06. The molecule has 5 nitrogen and oxygen atoms in total. The molecule has 3 N–H and O–H groups in total. The van der Waals surface area contributed by atoms with Crippen molar-refractivity contribution in [1.82, 2.24) is 5.32 Å². The van der Waals surface area contributed by atoms with E-state index in [2.05, 4.69) is 10.6 Å². The van der Waals surface area contributed by atoms with E-state index in [1.807, 2.05) is 17.5 Å². The molecule has 0 spiro atoms. The fourth-order valence-electron chi connectivity index (χ4n) is 1.45. The number of aliphatic hydroxyl groups is 1. The number of rotatable bonds is 5. The molecule has 0 aliphatic heterocycles. The van der Waals surface area contributed by atoms with Gasteiger partial charge in [-0.1, -0.05) is 0 Å². The van der Waals surface area contributed by atoms with Crippen LogP contribution < -0.4 is 10.6 Å². The third-order valence-corrected chi connectivity index (χ3v) is 3.12. The lowest BCUT2D eigenvalue weighted by atomic mass is 10.2. The van der Waals surface area contributed by atoms with Crippen LogP contribution in [-0.4, -0.2) is 17.7 Å². The molecule has 0 bridgehead atoms. The number of aliphatic hydroxyl groups excluding tert-OH is 1. The van der Waals surface area contributed by atoms with Crippen molar-refractivity contribution in [3.63, 3.8) is 0 Å². The highest BCUT2D eigenvalue weighted by Crippen LogP contribution is 2.16. The molecule has 0 radical (unpaired) electrons. The Morgan fingerprint density at radius 1 is 1.44 bits per heavy atom. The molecule has 0 fully saturated rings. The van der Waals surface area contributed by atoms with Gasteiger partial charge >= 0.3 is 6.03 Å². The predicted molar refractivity (Wildman–Crippen MR) is 69.6 cm³/mol. The maximum Gasteiger partial charge on any atom is 0.319 e. The van der Waals surface area contributed by atoms with Crippen LogP contribution in [0.4, 0.5) is 9.80 Å². The van der Waals surface area contributed by atoms with Crippen LogP contribution in [0.1, 0.15) is 18.3 Å². The number of carbonyl (C=O) groups excluding carboxylic acids is 1. The van der Waals surface area contributed by atoms with Crippen LogP contribution in [0.2, 0.25) is 0 Å². The Balaban J connectivity index is 1.67. The molecule has 18 heavy (non-hydrogen) atoms. The van der Waals surface area contributed by atoms with Gasteiger partial charge in [0, 0.05) is 6.54 Å². The van der Waals surface area contributed by atoms with E-state index in [1.165, 1.54) is 17.6 Å². The van der Waals surface area contributed by atoms with Gasteiger partial charge < -0.3 is 14.8 Å². The van der Waals surface area contributed by atoms with Gasteiger partial charge in [-0.3, -0.25) is 5.32 Å². The summed E-state index contributed by atoms with van der Waals surface area (Å²) in [6.45, 7) is 0.374. The summed E-state index contributed by atoms with van der Waals surface area (Å²) in [6.07, 6.45) is 1.22. The Morgan fingerprint density at radius 3 is 3.00 bits per heavy atom. The Bertz CT molecular complexity index is 467. The highest BCUT2D eigenvalue weighted by molar-refractivity contribution is 7.14. The molecule has 0 aliphatic carbocycles. The number of anilines is 1. The van der Waals surface area contributed by atoms with Crippen LogP contribution in [-0.2, 0) is 0 Å². The number of nitrogens with one attached hydrogen (secondary N) is 2. The maximum absolute atomic E-state index is 11.5. The summed E-state index contributed by atoms with van der Waals surface area (Å²) < 4.78 is 5.06. The lowest BCUT2D eigenvalue weighted by molar-refractivity contribution is 0.140. The van der Waals surface area contributed by atoms with Gasteiger partial charge in [0.15, 0.2) is 0 Å². The van der Waals surface area contributed by atoms with Crippen molar-refractivity contribution >= 4 is 22.4 Å². The zero-order valence-corrected chi connectivity index (χ0v) is 10.4. The number of furan rings is 1. The normalized spacial score (nSPS) is 12.1. The molecule has 0 saturated carbocycles. The second kappa shape index (κ2) is 6.23. The molecule has 6 heteroatoms. The van der Waals surface area contributed by atoms with Crippen LogP contribution >= 0.6 is 11.3 Å². The number of hydrogen-bond donors (Lipinski definition) is 3. The minimum atomic E-state index is -0.693. The maximum atomic E-state index is 11.5. The fraction of sp³-hybridized carbons (Fsp3) is 0.250. The van der Waals surface area contributed by atoms with E-state index >= 15 is 0 Å². The lowest BCUT2D eigenvalue weighted by Crippen LogP contribution is -2.29. The van der Waals surface area contributed by atoms with Gasteiger partial charge in [-0.15, -0.1) is 11.3 Å². The van der Waals surface area contributed by atoms with E-state index in [1.54, 1.807) is 12.1 Å². The molecule has 2 rings (SSSR count). The summed E-state index contributed by atoms with van der Waals surface area (Å²) in [5, 5.41) is 17.8. The molecule has 2 heterocycles. The number of carbonyl (C=O) groups is 1. The molecular weight excluding hydrogens is 252 g/mol. The first-order valence-electron chi connectivity index (χ1n) is 5.55. The summed E-state index contributed by atoms with van der Waals surface area (Å²) in [7, 11) is 0. The van der Waals surface area contributed by atoms with Crippen molar-refractivity contribution < 1.29 is 14.3 Å². The van der Waals surface area contributed by atoms with Gasteiger partial charge in [-0.2, -0.15) is 0 Å². The Morgan fingerprint density at radius 2 is 2.33 bits per heavy atom. The number of hydrogen-bond acceptors (Lipinski definition) is 4. The minimum absolute atomic E-state index is 0.274. The molecule has 2 aromatic heterocycles. The van der Waals surface area contributed by atoms with Gasteiger partial charge in [0.25, 0.3) is 0 Å². The summed E-state index contributed by atoms with van der Waals surface area (Å²) in [5.41, 5.74) is 0. The predicted octanol–water partition coefficient (Wildman–Crippen LogP) is 2.59. The second-order valence-electron chi connectivity index (χ2n) is 3.68. The highest BCUT2D eigenvalue weighted by Gasteiger charge is 2.10. The zero-order valence-electron chi connectivity index (χ0n) is 9.63. The van der Waals surface area contributed by atoms with Crippen LogP contribution in [0.15, 0.2) is 40.3 Å². The van der Waals surface area contributed by atoms with Crippen molar-refractivity contribution in [2.75, 3.05) is 11.9 Å². The van der Waals surface area contributed by atoms with Crippen LogP contribution in [0.3, 0.4) is 0 Å². The first-order chi connectivity index (χ1) is 8.75. The van der Waals surface area contributed by atoms with Gasteiger partial charge in [-0.05, 0) is 36.1 Å². The molecular formula is C12H14N2O3S. The van der Waals surface area contributed by atoms with E-state index in [0.29, 0.717) is 18.7 Å². The van der Waals surface area contributed by atoms with E-state index in [0.717, 1.165) is 5.00 Å². The topological polar surface area (TPSA) is 74.5 Å². The van der Waals surface area contributed by atoms with Gasteiger partial charge in [0.2, 0.25) is 0 Å². The monoisotopic (exact) mass is 266 g/mol.